The number of aromatic nitrogens is 1. The lowest BCUT2D eigenvalue weighted by Crippen LogP contribution is -2.41. The lowest BCUT2D eigenvalue weighted by molar-refractivity contribution is 0.0167. The van der Waals surface area contributed by atoms with Crippen LogP contribution in [0.3, 0.4) is 0 Å². The molecule has 1 aliphatic rings. The SMILES string of the molecule is CCC(CCC1OCCc2c1[nH]c1ccc(OC)cc21)(c1ccccc1)N(C)C. The smallest absolute Gasteiger partial charge is 0.119 e. The normalized spacial score (nSPS) is 18.6. The van der Waals surface area contributed by atoms with E-state index in [-0.39, 0.29) is 11.6 Å². The lowest BCUT2D eigenvalue weighted by Gasteiger charge is -2.41. The van der Waals surface area contributed by atoms with Crippen LogP contribution >= 0.6 is 0 Å². The van der Waals surface area contributed by atoms with Gasteiger partial charge in [-0.05, 0) is 69.1 Å². The van der Waals surface area contributed by atoms with Crippen LogP contribution in [-0.2, 0) is 16.7 Å². The lowest BCUT2D eigenvalue weighted by atomic mass is 9.80. The molecule has 2 unspecified atom stereocenters. The molecule has 0 saturated heterocycles. The molecule has 1 aromatic heterocycles. The standard InChI is InChI=1S/C25H32N2O2/c1-5-25(27(2)3,18-9-7-6-8-10-18)15-13-23-24-20(14-16-29-23)21-17-19(28-4)11-12-22(21)26-24/h6-12,17,23,26H,5,13-16H2,1-4H3. The van der Waals surface area contributed by atoms with Crippen molar-refractivity contribution in [2.75, 3.05) is 27.8 Å². The summed E-state index contributed by atoms with van der Waals surface area (Å²) in [7, 11) is 6.11. The predicted octanol–water partition coefficient (Wildman–Crippen LogP) is 5.44. The van der Waals surface area contributed by atoms with E-state index >= 15 is 0 Å². The minimum atomic E-state index is 0.0114. The Hall–Kier alpha value is -2.30. The Morgan fingerprint density at radius 2 is 1.97 bits per heavy atom. The molecule has 0 radical (unpaired) electrons. The minimum absolute atomic E-state index is 0.0114. The summed E-state index contributed by atoms with van der Waals surface area (Å²) in [5.74, 6) is 0.907. The molecule has 4 nitrogen and oxygen atoms in total. The quantitative estimate of drug-likeness (QED) is 0.582. The van der Waals surface area contributed by atoms with E-state index in [0.29, 0.717) is 0 Å². The summed E-state index contributed by atoms with van der Waals surface area (Å²) in [5.41, 5.74) is 5.20. The van der Waals surface area contributed by atoms with Crippen LogP contribution in [-0.4, -0.2) is 37.7 Å². The molecule has 154 valence electrons. The molecule has 0 spiro atoms. The molecule has 0 fully saturated rings. The Labute approximate surface area is 173 Å². The van der Waals surface area contributed by atoms with Crippen LogP contribution in [0.15, 0.2) is 48.5 Å². The van der Waals surface area contributed by atoms with Crippen LogP contribution in [0.5, 0.6) is 5.75 Å². The van der Waals surface area contributed by atoms with E-state index in [9.17, 15) is 0 Å². The molecule has 0 bridgehead atoms. The maximum atomic E-state index is 6.27. The van der Waals surface area contributed by atoms with Crippen LogP contribution in [0.25, 0.3) is 10.9 Å². The topological polar surface area (TPSA) is 37.5 Å². The summed E-state index contributed by atoms with van der Waals surface area (Å²) < 4.78 is 11.7. The van der Waals surface area contributed by atoms with E-state index in [1.807, 2.05) is 6.07 Å². The zero-order valence-corrected chi connectivity index (χ0v) is 18.0. The Morgan fingerprint density at radius 3 is 2.66 bits per heavy atom. The molecule has 4 heteroatoms. The first-order valence-corrected chi connectivity index (χ1v) is 10.6. The molecule has 0 amide bonds. The molecule has 2 atom stereocenters. The maximum absolute atomic E-state index is 6.27. The summed E-state index contributed by atoms with van der Waals surface area (Å²) in [5, 5.41) is 1.27. The van der Waals surface area contributed by atoms with Gasteiger partial charge in [-0.2, -0.15) is 0 Å². The summed E-state index contributed by atoms with van der Waals surface area (Å²) in [6.45, 7) is 3.06. The van der Waals surface area contributed by atoms with E-state index in [1.165, 1.54) is 27.7 Å². The Morgan fingerprint density at radius 1 is 1.17 bits per heavy atom. The second-order valence-corrected chi connectivity index (χ2v) is 8.22. The van der Waals surface area contributed by atoms with Gasteiger partial charge < -0.3 is 14.5 Å². The summed E-state index contributed by atoms with van der Waals surface area (Å²) in [6, 6.07) is 17.2. The highest BCUT2D eigenvalue weighted by molar-refractivity contribution is 5.86. The molecule has 4 rings (SSSR count). The molecule has 1 N–H and O–H groups in total. The highest BCUT2D eigenvalue weighted by Crippen LogP contribution is 2.41. The number of hydrogen-bond acceptors (Lipinski definition) is 3. The van der Waals surface area contributed by atoms with Crippen LogP contribution < -0.4 is 4.74 Å². The van der Waals surface area contributed by atoms with Gasteiger partial charge in [0.25, 0.3) is 0 Å². The fraction of sp³-hybridized carbons (Fsp3) is 0.440. The number of ether oxygens (including phenoxy) is 2. The monoisotopic (exact) mass is 392 g/mol. The second-order valence-electron chi connectivity index (χ2n) is 8.22. The van der Waals surface area contributed by atoms with E-state index in [2.05, 4.69) is 73.4 Å². The van der Waals surface area contributed by atoms with E-state index < -0.39 is 0 Å². The Balaban J connectivity index is 1.64. The van der Waals surface area contributed by atoms with Gasteiger partial charge in [-0.1, -0.05) is 37.3 Å². The molecule has 2 aromatic carbocycles. The molecule has 29 heavy (non-hydrogen) atoms. The number of nitrogens with zero attached hydrogens (tertiary/aromatic N) is 1. The molecule has 0 aliphatic carbocycles. The Kier molecular flexibility index (Phi) is 5.66. The number of hydrogen-bond donors (Lipinski definition) is 1. The molecule has 0 saturated carbocycles. The zero-order chi connectivity index (χ0) is 20.4. The molecule has 1 aliphatic heterocycles. The van der Waals surface area contributed by atoms with Crippen LogP contribution in [0.4, 0.5) is 0 Å². The third kappa shape index (κ3) is 3.56. The van der Waals surface area contributed by atoms with Gasteiger partial charge in [-0.25, -0.2) is 0 Å². The van der Waals surface area contributed by atoms with Gasteiger partial charge >= 0.3 is 0 Å². The number of fused-ring (bicyclic) bond motifs is 3. The minimum Gasteiger partial charge on any atom is -0.497 e. The van der Waals surface area contributed by atoms with Gasteiger partial charge in [0.05, 0.1) is 19.8 Å². The first-order chi connectivity index (χ1) is 14.1. The number of nitrogens with one attached hydrogen (secondary N) is 1. The van der Waals surface area contributed by atoms with E-state index in [0.717, 1.165) is 38.0 Å². The Bertz CT molecular complexity index is 964. The summed E-state index contributed by atoms with van der Waals surface area (Å²) in [6.07, 6.45) is 4.14. The van der Waals surface area contributed by atoms with Crippen LogP contribution in [0.2, 0.25) is 0 Å². The molecule has 2 heterocycles. The highest BCUT2D eigenvalue weighted by atomic mass is 16.5. The van der Waals surface area contributed by atoms with Gasteiger partial charge in [0.15, 0.2) is 0 Å². The fourth-order valence-electron chi connectivity index (χ4n) is 4.97. The number of aromatic amines is 1. The molecule has 3 aromatic rings. The van der Waals surface area contributed by atoms with E-state index in [1.54, 1.807) is 7.11 Å². The van der Waals surface area contributed by atoms with Crippen LogP contribution in [0.1, 0.15) is 49.1 Å². The van der Waals surface area contributed by atoms with Crippen molar-refractivity contribution in [3.05, 3.63) is 65.4 Å². The van der Waals surface area contributed by atoms with Gasteiger partial charge in [-0.15, -0.1) is 0 Å². The molecular formula is C25H32N2O2. The van der Waals surface area contributed by atoms with Crippen molar-refractivity contribution in [3.63, 3.8) is 0 Å². The number of benzene rings is 2. The van der Waals surface area contributed by atoms with E-state index in [4.69, 9.17) is 9.47 Å². The third-order valence-corrected chi connectivity index (χ3v) is 6.71. The van der Waals surface area contributed by atoms with Gasteiger partial charge in [-0.3, -0.25) is 4.90 Å². The number of rotatable bonds is 7. The van der Waals surface area contributed by atoms with Crippen molar-refractivity contribution in [1.82, 2.24) is 9.88 Å². The van der Waals surface area contributed by atoms with Crippen molar-refractivity contribution in [2.24, 2.45) is 0 Å². The first kappa shape index (κ1) is 20.0. The third-order valence-electron chi connectivity index (χ3n) is 6.71. The average Bonchev–Trinajstić information content (AvgIpc) is 3.13. The largest absolute Gasteiger partial charge is 0.497 e. The maximum Gasteiger partial charge on any atom is 0.119 e. The van der Waals surface area contributed by atoms with Crippen molar-refractivity contribution in [1.29, 1.82) is 0 Å². The molecular weight excluding hydrogens is 360 g/mol. The van der Waals surface area contributed by atoms with Crippen molar-refractivity contribution in [3.8, 4) is 5.75 Å². The van der Waals surface area contributed by atoms with Gasteiger partial charge in [0.2, 0.25) is 0 Å². The van der Waals surface area contributed by atoms with Gasteiger partial charge in [0, 0.05) is 22.1 Å². The second kappa shape index (κ2) is 8.21. The van der Waals surface area contributed by atoms with Crippen molar-refractivity contribution in [2.45, 2.75) is 44.2 Å². The predicted molar refractivity (Wildman–Crippen MR) is 119 cm³/mol. The first-order valence-electron chi connectivity index (χ1n) is 10.6. The average molecular weight is 393 g/mol. The highest BCUT2D eigenvalue weighted by Gasteiger charge is 2.35. The van der Waals surface area contributed by atoms with Crippen molar-refractivity contribution >= 4 is 10.9 Å². The zero-order valence-electron chi connectivity index (χ0n) is 18.0. The number of H-pyrrole nitrogens is 1. The van der Waals surface area contributed by atoms with Crippen LogP contribution in [0, 0.1) is 0 Å². The summed E-state index contributed by atoms with van der Waals surface area (Å²) >= 11 is 0. The summed E-state index contributed by atoms with van der Waals surface area (Å²) in [4.78, 5) is 6.02. The van der Waals surface area contributed by atoms with Gasteiger partial charge in [0.1, 0.15) is 5.75 Å². The fourth-order valence-corrected chi connectivity index (χ4v) is 4.97. The number of methoxy groups -OCH3 is 1. The van der Waals surface area contributed by atoms with Crippen molar-refractivity contribution < 1.29 is 9.47 Å².